The lowest BCUT2D eigenvalue weighted by Gasteiger charge is -2.09. The van der Waals surface area contributed by atoms with Crippen LogP contribution in [-0.2, 0) is 6.54 Å². The summed E-state index contributed by atoms with van der Waals surface area (Å²) in [6, 6.07) is 19.9. The van der Waals surface area contributed by atoms with Gasteiger partial charge in [0.25, 0.3) is 11.8 Å². The third-order valence-electron chi connectivity index (χ3n) is 4.79. The molecule has 0 saturated carbocycles. The van der Waals surface area contributed by atoms with Crippen LogP contribution >= 0.6 is 0 Å². The number of carbonyl (C=O) groups is 2. The van der Waals surface area contributed by atoms with Crippen molar-refractivity contribution in [3.8, 4) is 5.69 Å². The number of furan rings is 1. The first-order chi connectivity index (χ1) is 15.0. The lowest BCUT2D eigenvalue weighted by atomic mass is 10.1. The number of aromatic nitrogens is 2. The van der Waals surface area contributed by atoms with Crippen molar-refractivity contribution < 1.29 is 14.0 Å². The molecule has 2 aromatic heterocycles. The van der Waals surface area contributed by atoms with Gasteiger partial charge in [0, 0.05) is 23.5 Å². The number of nitrogens with one attached hydrogen (secondary N) is 2. The predicted molar refractivity (Wildman–Crippen MR) is 117 cm³/mol. The number of aryl methyl sites for hydroxylation is 2. The summed E-state index contributed by atoms with van der Waals surface area (Å²) < 4.78 is 6.92. The smallest absolute Gasteiger partial charge is 0.291 e. The minimum atomic E-state index is -0.310. The molecule has 0 atom stereocenters. The largest absolute Gasteiger partial charge is 0.459 e. The van der Waals surface area contributed by atoms with E-state index in [0.717, 1.165) is 22.6 Å². The highest BCUT2D eigenvalue weighted by atomic mass is 16.3. The predicted octanol–water partition coefficient (Wildman–Crippen LogP) is 4.26. The van der Waals surface area contributed by atoms with Gasteiger partial charge in [0.1, 0.15) is 0 Å². The fourth-order valence-electron chi connectivity index (χ4n) is 3.24. The zero-order valence-corrected chi connectivity index (χ0v) is 17.3. The molecular weight excluding hydrogens is 392 g/mol. The molecule has 156 valence electrons. The van der Waals surface area contributed by atoms with Gasteiger partial charge in [-0.05, 0) is 74.0 Å². The maximum absolute atomic E-state index is 12.5. The lowest BCUT2D eigenvalue weighted by Crippen LogP contribution is -2.22. The van der Waals surface area contributed by atoms with Gasteiger partial charge >= 0.3 is 0 Å². The van der Waals surface area contributed by atoms with Gasteiger partial charge in [-0.2, -0.15) is 5.10 Å². The Morgan fingerprint density at radius 2 is 1.71 bits per heavy atom. The molecule has 0 radical (unpaired) electrons. The van der Waals surface area contributed by atoms with Crippen LogP contribution in [0.2, 0.25) is 0 Å². The maximum Gasteiger partial charge on any atom is 0.291 e. The van der Waals surface area contributed by atoms with Crippen molar-refractivity contribution in [1.29, 1.82) is 0 Å². The van der Waals surface area contributed by atoms with E-state index in [-0.39, 0.29) is 17.6 Å². The number of carbonyl (C=O) groups excluding carboxylic acids is 2. The van der Waals surface area contributed by atoms with Crippen LogP contribution < -0.4 is 10.6 Å². The normalized spacial score (nSPS) is 10.6. The van der Waals surface area contributed by atoms with E-state index in [0.29, 0.717) is 17.8 Å². The van der Waals surface area contributed by atoms with Crippen LogP contribution in [-0.4, -0.2) is 21.6 Å². The van der Waals surface area contributed by atoms with Gasteiger partial charge < -0.3 is 15.1 Å². The van der Waals surface area contributed by atoms with Crippen LogP contribution in [0.25, 0.3) is 5.69 Å². The van der Waals surface area contributed by atoms with E-state index in [4.69, 9.17) is 4.42 Å². The molecule has 7 heteroatoms. The third kappa shape index (κ3) is 4.72. The topological polar surface area (TPSA) is 89.2 Å². The van der Waals surface area contributed by atoms with Gasteiger partial charge in [-0.1, -0.05) is 12.1 Å². The molecule has 4 rings (SSSR count). The fraction of sp³-hybridized carbons (Fsp3) is 0.125. The highest BCUT2D eigenvalue weighted by molar-refractivity contribution is 6.02. The Kier molecular flexibility index (Phi) is 5.66. The molecule has 0 unspecified atom stereocenters. The second-order valence-corrected chi connectivity index (χ2v) is 7.20. The number of hydrogen-bond donors (Lipinski definition) is 2. The molecule has 0 saturated heterocycles. The molecule has 0 spiro atoms. The Hall–Kier alpha value is -4.13. The van der Waals surface area contributed by atoms with Crippen molar-refractivity contribution >= 4 is 17.5 Å². The second kappa shape index (κ2) is 8.71. The van der Waals surface area contributed by atoms with Crippen LogP contribution in [0.15, 0.2) is 77.4 Å². The Morgan fingerprint density at radius 1 is 0.968 bits per heavy atom. The van der Waals surface area contributed by atoms with Crippen molar-refractivity contribution in [3.63, 3.8) is 0 Å². The van der Waals surface area contributed by atoms with E-state index >= 15 is 0 Å². The van der Waals surface area contributed by atoms with Crippen LogP contribution in [0, 0.1) is 13.8 Å². The summed E-state index contributed by atoms with van der Waals surface area (Å²) in [4.78, 5) is 24.5. The van der Waals surface area contributed by atoms with Crippen molar-refractivity contribution in [1.82, 2.24) is 15.1 Å². The summed E-state index contributed by atoms with van der Waals surface area (Å²) in [6.07, 6.45) is 1.45. The molecule has 0 aliphatic carbocycles. The molecule has 4 aromatic rings. The van der Waals surface area contributed by atoms with Crippen LogP contribution in [0.1, 0.15) is 37.9 Å². The van der Waals surface area contributed by atoms with E-state index in [1.165, 1.54) is 6.26 Å². The van der Waals surface area contributed by atoms with Crippen molar-refractivity contribution in [2.45, 2.75) is 20.4 Å². The lowest BCUT2D eigenvalue weighted by molar-refractivity contribution is 0.0950. The average Bonchev–Trinajstić information content (AvgIpc) is 3.43. The molecule has 2 amide bonds. The fourth-order valence-corrected chi connectivity index (χ4v) is 3.24. The van der Waals surface area contributed by atoms with Crippen LogP contribution in [0.3, 0.4) is 0 Å². The zero-order valence-electron chi connectivity index (χ0n) is 17.3. The number of nitrogens with zero attached hydrogens (tertiary/aromatic N) is 2. The van der Waals surface area contributed by atoms with Crippen LogP contribution in [0.5, 0.6) is 0 Å². The average molecular weight is 414 g/mol. The van der Waals surface area contributed by atoms with Crippen molar-refractivity contribution in [3.05, 3.63) is 101 Å². The van der Waals surface area contributed by atoms with Crippen molar-refractivity contribution in [2.24, 2.45) is 0 Å². The summed E-state index contributed by atoms with van der Waals surface area (Å²) in [7, 11) is 0. The summed E-state index contributed by atoms with van der Waals surface area (Å²) >= 11 is 0. The first kappa shape index (κ1) is 20.2. The number of amides is 2. The molecular formula is C24H22N4O3. The Bertz CT molecular complexity index is 1190. The number of anilines is 1. The molecule has 0 aliphatic heterocycles. The standard InChI is InChI=1S/C24H22N4O3/c1-16-14-17(2)28(27-16)21-11-7-19(8-12-21)23(29)25-15-18-5-9-20(10-6-18)26-24(30)22-4-3-13-31-22/h3-14H,15H2,1-2H3,(H,25,29)(H,26,30). The number of benzene rings is 2. The van der Waals surface area contributed by atoms with Gasteiger partial charge in [-0.15, -0.1) is 0 Å². The minimum absolute atomic E-state index is 0.157. The molecule has 2 aromatic carbocycles. The van der Waals surface area contributed by atoms with E-state index in [2.05, 4.69) is 15.7 Å². The first-order valence-electron chi connectivity index (χ1n) is 9.85. The quantitative estimate of drug-likeness (QED) is 0.493. The highest BCUT2D eigenvalue weighted by Crippen LogP contribution is 2.14. The highest BCUT2D eigenvalue weighted by Gasteiger charge is 2.10. The monoisotopic (exact) mass is 414 g/mol. The van der Waals surface area contributed by atoms with E-state index in [1.54, 1.807) is 36.4 Å². The molecule has 0 aliphatic rings. The Labute approximate surface area is 179 Å². The Balaban J connectivity index is 1.33. The Morgan fingerprint density at radius 3 is 2.32 bits per heavy atom. The third-order valence-corrected chi connectivity index (χ3v) is 4.79. The molecule has 31 heavy (non-hydrogen) atoms. The molecule has 0 bridgehead atoms. The number of rotatable bonds is 6. The van der Waals surface area contributed by atoms with Gasteiger partial charge in [0.05, 0.1) is 17.6 Å². The maximum atomic E-state index is 12.5. The summed E-state index contributed by atoms with van der Waals surface area (Å²) in [6.45, 7) is 4.32. The molecule has 2 N–H and O–H groups in total. The van der Waals surface area contributed by atoms with Crippen LogP contribution in [0.4, 0.5) is 5.69 Å². The molecule has 2 heterocycles. The SMILES string of the molecule is Cc1cc(C)n(-c2ccc(C(=O)NCc3ccc(NC(=O)c4ccco4)cc3)cc2)n1. The van der Waals surface area contributed by atoms with Crippen molar-refractivity contribution in [2.75, 3.05) is 5.32 Å². The second-order valence-electron chi connectivity index (χ2n) is 7.20. The minimum Gasteiger partial charge on any atom is -0.459 e. The van der Waals surface area contributed by atoms with E-state index in [1.807, 2.05) is 48.9 Å². The van der Waals surface area contributed by atoms with Gasteiger partial charge in [-0.25, -0.2) is 4.68 Å². The number of hydrogen-bond acceptors (Lipinski definition) is 4. The van der Waals surface area contributed by atoms with E-state index < -0.39 is 0 Å². The van der Waals surface area contributed by atoms with Gasteiger partial charge in [-0.3, -0.25) is 9.59 Å². The first-order valence-corrected chi connectivity index (χ1v) is 9.85. The summed E-state index contributed by atoms with van der Waals surface area (Å²) in [5.74, 6) is -0.217. The van der Waals surface area contributed by atoms with E-state index in [9.17, 15) is 9.59 Å². The molecule has 0 fully saturated rings. The van der Waals surface area contributed by atoms with Gasteiger partial charge in [0.2, 0.25) is 0 Å². The summed E-state index contributed by atoms with van der Waals surface area (Å²) in [5.41, 5.74) is 5.05. The molecule has 7 nitrogen and oxygen atoms in total. The zero-order chi connectivity index (χ0) is 21.8. The summed E-state index contributed by atoms with van der Waals surface area (Å²) in [5, 5.41) is 10.1. The van der Waals surface area contributed by atoms with Gasteiger partial charge in [0.15, 0.2) is 5.76 Å².